The van der Waals surface area contributed by atoms with Gasteiger partial charge in [0.15, 0.2) is 9.84 Å². The lowest BCUT2D eigenvalue weighted by molar-refractivity contribution is -0.126. The van der Waals surface area contributed by atoms with Crippen molar-refractivity contribution < 1.29 is 26.8 Å². The molecule has 0 unspecified atom stereocenters. The van der Waals surface area contributed by atoms with E-state index in [2.05, 4.69) is 21.3 Å². The Morgan fingerprint density at radius 3 is 2.23 bits per heavy atom. The van der Waals surface area contributed by atoms with Crippen LogP contribution < -0.4 is 10.2 Å². The Labute approximate surface area is 258 Å². The van der Waals surface area contributed by atoms with Gasteiger partial charge in [0.2, 0.25) is 11.8 Å². The molecule has 9 nitrogen and oxygen atoms in total. The zero-order chi connectivity index (χ0) is 30.9. The Kier molecular flexibility index (Phi) is 10.7. The highest BCUT2D eigenvalue weighted by molar-refractivity contribution is 7.91. The van der Waals surface area contributed by atoms with Crippen LogP contribution in [0, 0.1) is 29.0 Å². The predicted octanol–water partition coefficient (Wildman–Crippen LogP) is 5.38. The van der Waals surface area contributed by atoms with Crippen LogP contribution in [0.5, 0.6) is 0 Å². The molecule has 1 saturated carbocycles. The largest absolute Gasteiger partial charge is 0.444 e. The Balaban J connectivity index is 0.000000187. The fourth-order valence-corrected chi connectivity index (χ4v) is 7.09. The third kappa shape index (κ3) is 8.45. The molecule has 2 saturated heterocycles. The van der Waals surface area contributed by atoms with Crippen LogP contribution in [0.2, 0.25) is 0 Å². The summed E-state index contributed by atoms with van der Waals surface area (Å²) in [4.78, 5) is 18.6. The van der Waals surface area contributed by atoms with E-state index in [0.29, 0.717) is 43.5 Å². The molecule has 6 rings (SSSR count). The minimum atomic E-state index is -2.89. The Morgan fingerprint density at radius 1 is 0.955 bits per heavy atom. The number of amides is 1. The third-order valence-corrected chi connectivity index (χ3v) is 10.2. The molecule has 3 aliphatic rings. The molecule has 0 bridgehead atoms. The van der Waals surface area contributed by atoms with Crippen molar-refractivity contribution in [2.75, 3.05) is 42.7 Å². The van der Waals surface area contributed by atoms with Crippen molar-refractivity contribution in [1.82, 2.24) is 10.3 Å². The molecule has 0 spiro atoms. The summed E-state index contributed by atoms with van der Waals surface area (Å²) in [6, 6.07) is 15.7. The van der Waals surface area contributed by atoms with Gasteiger partial charge < -0.3 is 19.4 Å². The van der Waals surface area contributed by atoms with Gasteiger partial charge in [-0.2, -0.15) is 5.26 Å². The molecule has 3 fully saturated rings. The summed E-state index contributed by atoms with van der Waals surface area (Å²) in [5, 5.41) is 12.2. The lowest BCUT2D eigenvalue weighted by Gasteiger charge is -2.28. The fraction of sp³-hybridized carbons (Fsp3) is 0.485. The SMILES string of the molecule is N#C[C@H](NC(=O)C1CCCCC1)C1CCOCC1.O=S1(=O)CCN(c2ccc(-c3coc(-c4ccc(F)cc4)n3)cc2)CC1. The van der Waals surface area contributed by atoms with Crippen molar-refractivity contribution in [2.45, 2.75) is 51.0 Å². The maximum atomic E-state index is 13.0. The van der Waals surface area contributed by atoms with Crippen molar-refractivity contribution in [1.29, 1.82) is 5.26 Å². The van der Waals surface area contributed by atoms with E-state index in [4.69, 9.17) is 9.15 Å². The summed E-state index contributed by atoms with van der Waals surface area (Å²) in [6.45, 7) is 2.45. The summed E-state index contributed by atoms with van der Waals surface area (Å²) >= 11 is 0. The molecule has 3 heterocycles. The molecule has 3 aromatic rings. The van der Waals surface area contributed by atoms with Gasteiger partial charge in [0.25, 0.3) is 0 Å². The van der Waals surface area contributed by atoms with E-state index < -0.39 is 9.84 Å². The number of aromatic nitrogens is 1. The standard InChI is InChI=1S/C19H17FN2O3S.C14H22N2O2/c20-16-5-1-15(2-6-16)19-21-18(13-25-19)14-3-7-17(8-4-14)22-9-11-26(23,24)12-10-22;15-10-13(11-6-8-18-9-7-11)16-14(17)12-4-2-1-3-5-12/h1-8,13H,9-12H2;11-13H,1-9H2,(H,16,17)/t;13-/m.0/s1. The van der Waals surface area contributed by atoms with Gasteiger partial charge in [-0.25, -0.2) is 17.8 Å². The van der Waals surface area contributed by atoms with Gasteiger partial charge >= 0.3 is 0 Å². The number of halogens is 1. The van der Waals surface area contributed by atoms with Crippen LogP contribution in [0.25, 0.3) is 22.7 Å². The van der Waals surface area contributed by atoms with Crippen LogP contribution in [0.15, 0.2) is 59.2 Å². The van der Waals surface area contributed by atoms with Gasteiger partial charge in [-0.05, 0) is 68.0 Å². The van der Waals surface area contributed by atoms with Crippen LogP contribution in [0.1, 0.15) is 44.9 Å². The molecule has 0 radical (unpaired) electrons. The molecule has 1 atom stereocenters. The number of carbonyl (C=O) groups is 1. The molecular weight excluding hydrogens is 583 g/mol. The van der Waals surface area contributed by atoms with E-state index in [1.165, 1.54) is 18.6 Å². The molecule has 1 N–H and O–H groups in total. The van der Waals surface area contributed by atoms with Crippen LogP contribution in [0.3, 0.4) is 0 Å². The minimum absolute atomic E-state index is 0.0905. The summed E-state index contributed by atoms with van der Waals surface area (Å²) in [5.41, 5.74) is 3.29. The predicted molar refractivity (Wildman–Crippen MR) is 166 cm³/mol. The lowest BCUT2D eigenvalue weighted by Crippen LogP contribution is -2.44. The van der Waals surface area contributed by atoms with Gasteiger partial charge in [-0.1, -0.05) is 31.4 Å². The number of nitriles is 1. The molecule has 2 aromatic carbocycles. The van der Waals surface area contributed by atoms with Crippen molar-refractivity contribution in [2.24, 2.45) is 11.8 Å². The number of rotatable bonds is 6. The number of sulfone groups is 1. The van der Waals surface area contributed by atoms with Crippen LogP contribution in [0.4, 0.5) is 10.1 Å². The highest BCUT2D eigenvalue weighted by atomic mass is 32.2. The smallest absolute Gasteiger partial charge is 0.226 e. The maximum Gasteiger partial charge on any atom is 0.226 e. The Bertz CT molecular complexity index is 1510. The number of hydrogen-bond donors (Lipinski definition) is 1. The number of anilines is 1. The van der Waals surface area contributed by atoms with Crippen molar-refractivity contribution >= 4 is 21.4 Å². The number of nitrogens with one attached hydrogen (secondary N) is 1. The molecule has 2 aliphatic heterocycles. The second-order valence-electron chi connectivity index (χ2n) is 11.6. The first-order valence-corrected chi connectivity index (χ1v) is 17.2. The summed E-state index contributed by atoms with van der Waals surface area (Å²) < 4.78 is 46.9. The summed E-state index contributed by atoms with van der Waals surface area (Å²) in [6.07, 6.45) is 8.83. The van der Waals surface area contributed by atoms with Gasteiger partial charge in [0.1, 0.15) is 23.8 Å². The van der Waals surface area contributed by atoms with E-state index >= 15 is 0 Å². The summed E-state index contributed by atoms with van der Waals surface area (Å²) in [7, 11) is -2.89. The Morgan fingerprint density at radius 2 is 1.59 bits per heavy atom. The first-order chi connectivity index (χ1) is 21.3. The number of ether oxygens (including phenoxy) is 1. The fourth-order valence-electron chi connectivity index (χ4n) is 5.89. The lowest BCUT2D eigenvalue weighted by atomic mass is 9.87. The van der Waals surface area contributed by atoms with Gasteiger partial charge in [-0.3, -0.25) is 4.79 Å². The minimum Gasteiger partial charge on any atom is -0.444 e. The van der Waals surface area contributed by atoms with Gasteiger partial charge in [0.05, 0.1) is 17.6 Å². The van der Waals surface area contributed by atoms with Gasteiger partial charge in [-0.15, -0.1) is 0 Å². The number of oxazole rings is 1. The van der Waals surface area contributed by atoms with E-state index in [9.17, 15) is 22.9 Å². The van der Waals surface area contributed by atoms with Crippen LogP contribution in [-0.2, 0) is 19.4 Å². The monoisotopic (exact) mass is 622 g/mol. The van der Waals surface area contributed by atoms with Crippen molar-refractivity contribution in [3.05, 3.63) is 60.6 Å². The number of carbonyl (C=O) groups excluding carboxylic acids is 1. The first-order valence-electron chi connectivity index (χ1n) is 15.4. The van der Waals surface area contributed by atoms with E-state index in [1.807, 2.05) is 24.3 Å². The second-order valence-corrected chi connectivity index (χ2v) is 13.9. The molecular formula is C33H39FN4O5S. The zero-order valence-corrected chi connectivity index (χ0v) is 25.6. The third-order valence-electron chi connectivity index (χ3n) is 8.62. The number of benzene rings is 2. The molecule has 11 heteroatoms. The highest BCUT2D eigenvalue weighted by Crippen LogP contribution is 2.28. The normalized spacial score (nSPS) is 19.7. The molecule has 44 heavy (non-hydrogen) atoms. The summed E-state index contributed by atoms with van der Waals surface area (Å²) in [5.74, 6) is 1.00. The topological polar surface area (TPSA) is 126 Å². The number of nitrogens with zero attached hydrogens (tertiary/aromatic N) is 3. The quantitative estimate of drug-likeness (QED) is 0.388. The zero-order valence-electron chi connectivity index (χ0n) is 24.8. The van der Waals surface area contributed by atoms with Crippen LogP contribution in [-0.4, -0.2) is 63.2 Å². The second kappa shape index (κ2) is 14.8. The van der Waals surface area contributed by atoms with Crippen molar-refractivity contribution in [3.63, 3.8) is 0 Å². The van der Waals surface area contributed by atoms with E-state index in [1.54, 1.807) is 18.4 Å². The van der Waals surface area contributed by atoms with Crippen LogP contribution >= 0.6 is 0 Å². The Hall–Kier alpha value is -3.75. The maximum absolute atomic E-state index is 13.0. The molecule has 234 valence electrons. The van der Waals surface area contributed by atoms with E-state index in [-0.39, 0.29) is 41.1 Å². The molecule has 1 aromatic heterocycles. The highest BCUT2D eigenvalue weighted by Gasteiger charge is 2.29. The van der Waals surface area contributed by atoms with Crippen molar-refractivity contribution in [3.8, 4) is 28.8 Å². The van der Waals surface area contributed by atoms with Gasteiger partial charge in [0, 0.05) is 49.0 Å². The number of hydrogen-bond acceptors (Lipinski definition) is 8. The molecule has 1 aliphatic carbocycles. The average Bonchev–Trinajstić information content (AvgIpc) is 3.56. The average molecular weight is 623 g/mol. The van der Waals surface area contributed by atoms with E-state index in [0.717, 1.165) is 49.8 Å². The first kappa shape index (κ1) is 31.7. The molecule has 1 amide bonds.